The number of hydrogen-bond donors (Lipinski definition) is 1. The first-order valence-corrected chi connectivity index (χ1v) is 9.76. The summed E-state index contributed by atoms with van der Waals surface area (Å²) in [6.45, 7) is 9.94. The zero-order valence-corrected chi connectivity index (χ0v) is 15.7. The van der Waals surface area contributed by atoms with Crippen molar-refractivity contribution in [2.45, 2.75) is 45.7 Å². The van der Waals surface area contributed by atoms with Gasteiger partial charge in [-0.1, -0.05) is 32.8 Å². The summed E-state index contributed by atoms with van der Waals surface area (Å²) in [5.74, 6) is 1.51. The van der Waals surface area contributed by atoms with Gasteiger partial charge in [0.2, 0.25) is 5.91 Å². The number of pyridine rings is 1. The van der Waals surface area contributed by atoms with Crippen LogP contribution in [0.25, 0.3) is 0 Å². The maximum Gasteiger partial charge on any atom is 0.234 e. The maximum atomic E-state index is 12.4. The van der Waals surface area contributed by atoms with Crippen LogP contribution in [0.2, 0.25) is 0 Å². The Morgan fingerprint density at radius 1 is 1.16 bits per heavy atom. The molecule has 138 valence electrons. The predicted molar refractivity (Wildman–Crippen MR) is 100 cm³/mol. The zero-order chi connectivity index (χ0) is 17.6. The third-order valence-electron chi connectivity index (χ3n) is 6.00. The standard InChI is InChI=1S/C20H32N4O/c1-16-6-5-8-19(17(16)2)22-20(25)15-24-12-10-23(11-13-24)14-18-7-3-4-9-21-18/h3-4,7,9,16-17,19H,5-6,8,10-15H2,1-2H3,(H,22,25). The van der Waals surface area contributed by atoms with E-state index in [1.54, 1.807) is 0 Å². The number of piperazine rings is 1. The minimum atomic E-state index is 0.198. The first kappa shape index (κ1) is 18.3. The van der Waals surface area contributed by atoms with Crippen LogP contribution in [0.3, 0.4) is 0 Å². The molecule has 2 fully saturated rings. The number of amides is 1. The molecule has 1 amide bonds. The first-order chi connectivity index (χ1) is 12.1. The van der Waals surface area contributed by atoms with Crippen LogP contribution in [0.1, 0.15) is 38.8 Å². The largest absolute Gasteiger partial charge is 0.352 e. The summed E-state index contributed by atoms with van der Waals surface area (Å²) in [5, 5.41) is 3.29. The third-order valence-corrected chi connectivity index (χ3v) is 6.00. The molecule has 2 aliphatic rings. The molecule has 5 heteroatoms. The average Bonchev–Trinajstić information content (AvgIpc) is 2.62. The summed E-state index contributed by atoms with van der Waals surface area (Å²) >= 11 is 0. The van der Waals surface area contributed by atoms with Gasteiger partial charge in [0.05, 0.1) is 12.2 Å². The van der Waals surface area contributed by atoms with Gasteiger partial charge in [-0.3, -0.25) is 19.6 Å². The van der Waals surface area contributed by atoms with E-state index in [-0.39, 0.29) is 5.91 Å². The lowest BCUT2D eigenvalue weighted by molar-refractivity contribution is -0.124. The summed E-state index contributed by atoms with van der Waals surface area (Å²) in [6, 6.07) is 6.43. The minimum absolute atomic E-state index is 0.198. The fourth-order valence-electron chi connectivity index (χ4n) is 4.07. The second-order valence-corrected chi connectivity index (χ2v) is 7.81. The Kier molecular flexibility index (Phi) is 6.43. The quantitative estimate of drug-likeness (QED) is 0.889. The highest BCUT2D eigenvalue weighted by molar-refractivity contribution is 5.78. The van der Waals surface area contributed by atoms with Gasteiger partial charge in [-0.25, -0.2) is 0 Å². The molecule has 1 aromatic rings. The van der Waals surface area contributed by atoms with Gasteiger partial charge >= 0.3 is 0 Å². The van der Waals surface area contributed by atoms with Gasteiger partial charge in [-0.05, 0) is 30.4 Å². The van der Waals surface area contributed by atoms with Crippen molar-refractivity contribution in [2.24, 2.45) is 11.8 Å². The van der Waals surface area contributed by atoms with Crippen molar-refractivity contribution < 1.29 is 4.79 Å². The molecule has 25 heavy (non-hydrogen) atoms. The molecule has 1 saturated carbocycles. The van der Waals surface area contributed by atoms with E-state index < -0.39 is 0 Å². The smallest absolute Gasteiger partial charge is 0.234 e. The number of aromatic nitrogens is 1. The highest BCUT2D eigenvalue weighted by Gasteiger charge is 2.28. The Morgan fingerprint density at radius 2 is 1.92 bits per heavy atom. The van der Waals surface area contributed by atoms with Gasteiger partial charge < -0.3 is 5.32 Å². The predicted octanol–water partition coefficient (Wildman–Crippen LogP) is 2.14. The summed E-state index contributed by atoms with van der Waals surface area (Å²) in [7, 11) is 0. The SMILES string of the molecule is CC1CCCC(NC(=O)CN2CCN(Cc3ccccn3)CC2)C1C. The van der Waals surface area contributed by atoms with Crippen LogP contribution in [-0.2, 0) is 11.3 Å². The summed E-state index contributed by atoms with van der Waals surface area (Å²) in [4.78, 5) is 21.5. The lowest BCUT2D eigenvalue weighted by atomic mass is 9.78. The van der Waals surface area contributed by atoms with Gasteiger partial charge in [0.15, 0.2) is 0 Å². The highest BCUT2D eigenvalue weighted by Crippen LogP contribution is 2.29. The highest BCUT2D eigenvalue weighted by atomic mass is 16.2. The Labute approximate surface area is 151 Å². The van der Waals surface area contributed by atoms with E-state index in [0.29, 0.717) is 24.4 Å². The molecule has 0 aromatic carbocycles. The number of nitrogens with one attached hydrogen (secondary N) is 1. The summed E-state index contributed by atoms with van der Waals surface area (Å²) in [6.07, 6.45) is 5.52. The van der Waals surface area contributed by atoms with Crippen molar-refractivity contribution in [1.29, 1.82) is 0 Å². The second kappa shape index (κ2) is 8.77. The molecule has 1 aliphatic carbocycles. The van der Waals surface area contributed by atoms with E-state index >= 15 is 0 Å². The summed E-state index contributed by atoms with van der Waals surface area (Å²) < 4.78 is 0. The molecule has 1 aliphatic heterocycles. The molecule has 1 saturated heterocycles. The molecular formula is C20H32N4O. The fraction of sp³-hybridized carbons (Fsp3) is 0.700. The van der Waals surface area contributed by atoms with Gasteiger partial charge in [0.25, 0.3) is 0 Å². The molecule has 1 N–H and O–H groups in total. The first-order valence-electron chi connectivity index (χ1n) is 9.76. The van der Waals surface area contributed by atoms with E-state index in [9.17, 15) is 4.79 Å². The van der Waals surface area contributed by atoms with Crippen molar-refractivity contribution in [3.8, 4) is 0 Å². The Balaban J connectivity index is 1.39. The normalized spacial score (nSPS) is 28.6. The Bertz CT molecular complexity index is 542. The molecular weight excluding hydrogens is 312 g/mol. The van der Waals surface area contributed by atoms with Crippen molar-refractivity contribution in [1.82, 2.24) is 20.1 Å². The lowest BCUT2D eigenvalue weighted by Crippen LogP contribution is -2.51. The van der Waals surface area contributed by atoms with E-state index in [1.807, 2.05) is 18.3 Å². The van der Waals surface area contributed by atoms with Crippen molar-refractivity contribution in [3.05, 3.63) is 30.1 Å². The third kappa shape index (κ3) is 5.25. The minimum Gasteiger partial charge on any atom is -0.352 e. The Morgan fingerprint density at radius 3 is 2.64 bits per heavy atom. The van der Waals surface area contributed by atoms with E-state index in [0.717, 1.165) is 44.8 Å². The van der Waals surface area contributed by atoms with Gasteiger partial charge in [0.1, 0.15) is 0 Å². The topological polar surface area (TPSA) is 48.5 Å². The van der Waals surface area contributed by atoms with Crippen molar-refractivity contribution in [2.75, 3.05) is 32.7 Å². The number of rotatable bonds is 5. The van der Waals surface area contributed by atoms with Crippen LogP contribution in [0, 0.1) is 11.8 Å². The van der Waals surface area contributed by atoms with Crippen molar-refractivity contribution >= 4 is 5.91 Å². The monoisotopic (exact) mass is 344 g/mol. The van der Waals surface area contributed by atoms with E-state index in [1.165, 1.54) is 12.8 Å². The molecule has 1 aromatic heterocycles. The second-order valence-electron chi connectivity index (χ2n) is 7.81. The number of hydrogen-bond acceptors (Lipinski definition) is 4. The van der Waals surface area contributed by atoms with Crippen molar-refractivity contribution in [3.63, 3.8) is 0 Å². The molecule has 3 unspecified atom stereocenters. The zero-order valence-electron chi connectivity index (χ0n) is 15.7. The van der Waals surface area contributed by atoms with Crippen LogP contribution < -0.4 is 5.32 Å². The number of nitrogens with zero attached hydrogens (tertiary/aromatic N) is 3. The van der Waals surface area contributed by atoms with Crippen LogP contribution in [0.4, 0.5) is 0 Å². The lowest BCUT2D eigenvalue weighted by Gasteiger charge is -2.36. The van der Waals surface area contributed by atoms with Crippen LogP contribution in [0.5, 0.6) is 0 Å². The fourth-order valence-corrected chi connectivity index (χ4v) is 4.07. The Hall–Kier alpha value is -1.46. The van der Waals surface area contributed by atoms with Crippen LogP contribution >= 0.6 is 0 Å². The molecule has 3 rings (SSSR count). The average molecular weight is 345 g/mol. The molecule has 5 nitrogen and oxygen atoms in total. The molecule has 2 heterocycles. The molecule has 0 radical (unpaired) electrons. The van der Waals surface area contributed by atoms with E-state index in [2.05, 4.69) is 40.0 Å². The van der Waals surface area contributed by atoms with Crippen LogP contribution in [-0.4, -0.2) is 59.5 Å². The molecule has 3 atom stereocenters. The summed E-state index contributed by atoms with van der Waals surface area (Å²) in [5.41, 5.74) is 1.12. The van der Waals surface area contributed by atoms with Gasteiger partial charge in [-0.15, -0.1) is 0 Å². The molecule has 0 bridgehead atoms. The van der Waals surface area contributed by atoms with E-state index in [4.69, 9.17) is 0 Å². The van der Waals surface area contributed by atoms with Gasteiger partial charge in [-0.2, -0.15) is 0 Å². The maximum absolute atomic E-state index is 12.4. The van der Waals surface area contributed by atoms with Gasteiger partial charge in [0, 0.05) is 45.0 Å². The number of carbonyl (C=O) groups is 1. The number of carbonyl (C=O) groups excluding carboxylic acids is 1. The van der Waals surface area contributed by atoms with Crippen LogP contribution in [0.15, 0.2) is 24.4 Å². The molecule has 0 spiro atoms.